The predicted octanol–water partition coefficient (Wildman–Crippen LogP) is 4.02. The summed E-state index contributed by atoms with van der Waals surface area (Å²) in [4.78, 5) is 23.9. The van der Waals surface area contributed by atoms with Crippen LogP contribution < -0.4 is 5.32 Å². The first kappa shape index (κ1) is 15.3. The number of carbonyl (C=O) groups excluding carboxylic acids is 1. The van der Waals surface area contributed by atoms with E-state index in [0.717, 1.165) is 4.47 Å². The Balaban J connectivity index is 2.47. The van der Waals surface area contributed by atoms with Crippen LogP contribution >= 0.6 is 15.9 Å². The molecular formula is C16H14BrNO3. The van der Waals surface area contributed by atoms with E-state index in [-0.39, 0.29) is 11.1 Å². The lowest BCUT2D eigenvalue weighted by Crippen LogP contribution is -2.19. The summed E-state index contributed by atoms with van der Waals surface area (Å²) in [6.45, 7) is 3.40. The first-order valence-corrected chi connectivity index (χ1v) is 7.10. The van der Waals surface area contributed by atoms with E-state index in [4.69, 9.17) is 0 Å². The van der Waals surface area contributed by atoms with Gasteiger partial charge in [0.15, 0.2) is 0 Å². The summed E-state index contributed by atoms with van der Waals surface area (Å²) < 4.78 is 0.737. The maximum atomic E-state index is 12.5. The summed E-state index contributed by atoms with van der Waals surface area (Å²) >= 11 is 3.35. The second-order valence-corrected chi connectivity index (χ2v) is 5.54. The van der Waals surface area contributed by atoms with Gasteiger partial charge in [-0.1, -0.05) is 24.3 Å². The summed E-state index contributed by atoms with van der Waals surface area (Å²) in [5.74, 6) is -1.53. The molecule has 2 aromatic carbocycles. The number of anilines is 1. The van der Waals surface area contributed by atoms with E-state index in [1.54, 1.807) is 44.2 Å². The van der Waals surface area contributed by atoms with Crippen molar-refractivity contribution in [3.8, 4) is 0 Å². The molecule has 0 spiro atoms. The number of hydrogen-bond donors (Lipinski definition) is 2. The molecule has 2 rings (SSSR count). The molecule has 0 atom stereocenters. The first-order valence-electron chi connectivity index (χ1n) is 6.31. The summed E-state index contributed by atoms with van der Waals surface area (Å²) in [5.41, 5.74) is 2.02. The molecule has 0 radical (unpaired) electrons. The van der Waals surface area contributed by atoms with Crippen molar-refractivity contribution < 1.29 is 14.7 Å². The Bertz CT molecular complexity index is 725. The fourth-order valence-electron chi connectivity index (χ4n) is 2.13. The molecule has 0 aliphatic heterocycles. The van der Waals surface area contributed by atoms with E-state index >= 15 is 0 Å². The highest BCUT2D eigenvalue weighted by atomic mass is 79.9. The number of para-hydroxylation sites is 1. The van der Waals surface area contributed by atoms with Crippen LogP contribution in [0.4, 0.5) is 5.69 Å². The van der Waals surface area contributed by atoms with Gasteiger partial charge in [0.2, 0.25) is 0 Å². The molecule has 0 fully saturated rings. The Morgan fingerprint density at radius 3 is 2.14 bits per heavy atom. The Morgan fingerprint density at radius 1 is 1.00 bits per heavy atom. The maximum Gasteiger partial charge on any atom is 0.336 e. The van der Waals surface area contributed by atoms with Gasteiger partial charge in [-0.2, -0.15) is 0 Å². The van der Waals surface area contributed by atoms with Crippen molar-refractivity contribution in [2.24, 2.45) is 0 Å². The molecule has 21 heavy (non-hydrogen) atoms. The number of aryl methyl sites for hydroxylation is 2. The van der Waals surface area contributed by atoms with Crippen molar-refractivity contribution >= 4 is 33.5 Å². The third kappa shape index (κ3) is 3.13. The third-order valence-corrected chi connectivity index (χ3v) is 3.88. The largest absolute Gasteiger partial charge is 0.478 e. The van der Waals surface area contributed by atoms with E-state index in [0.29, 0.717) is 16.8 Å². The molecule has 0 bridgehead atoms. The van der Waals surface area contributed by atoms with Crippen LogP contribution in [0.1, 0.15) is 31.8 Å². The minimum atomic E-state index is -1.10. The van der Waals surface area contributed by atoms with Crippen LogP contribution in [0.3, 0.4) is 0 Å². The molecular weight excluding hydrogens is 334 g/mol. The zero-order valence-electron chi connectivity index (χ0n) is 11.6. The van der Waals surface area contributed by atoms with Gasteiger partial charge in [0.05, 0.1) is 16.8 Å². The van der Waals surface area contributed by atoms with Crippen LogP contribution in [0.25, 0.3) is 0 Å². The molecule has 2 aromatic rings. The molecule has 0 aromatic heterocycles. The number of aromatic carboxylic acids is 1. The number of carbonyl (C=O) groups is 2. The van der Waals surface area contributed by atoms with Gasteiger partial charge >= 0.3 is 5.97 Å². The van der Waals surface area contributed by atoms with Gasteiger partial charge in [-0.25, -0.2) is 4.79 Å². The minimum Gasteiger partial charge on any atom is -0.478 e. The molecule has 1 amide bonds. The van der Waals surface area contributed by atoms with Crippen molar-refractivity contribution in [1.82, 2.24) is 0 Å². The fourth-order valence-corrected chi connectivity index (χ4v) is 2.51. The van der Waals surface area contributed by atoms with Crippen LogP contribution in [0.2, 0.25) is 0 Å². The summed E-state index contributed by atoms with van der Waals surface area (Å²) in [5, 5.41) is 12.1. The van der Waals surface area contributed by atoms with Gasteiger partial charge < -0.3 is 10.4 Å². The van der Waals surface area contributed by atoms with E-state index < -0.39 is 11.9 Å². The van der Waals surface area contributed by atoms with Crippen LogP contribution in [0, 0.1) is 13.8 Å². The number of halogens is 1. The molecule has 4 nitrogen and oxygen atoms in total. The van der Waals surface area contributed by atoms with E-state index in [2.05, 4.69) is 21.2 Å². The van der Waals surface area contributed by atoms with Crippen molar-refractivity contribution in [3.05, 3.63) is 63.1 Å². The number of benzene rings is 2. The normalized spacial score (nSPS) is 10.2. The molecule has 0 aliphatic rings. The van der Waals surface area contributed by atoms with Gasteiger partial charge in [-0.05, 0) is 53.0 Å². The van der Waals surface area contributed by atoms with E-state index in [1.165, 1.54) is 0 Å². The molecule has 5 heteroatoms. The molecule has 108 valence electrons. The lowest BCUT2D eigenvalue weighted by Gasteiger charge is -2.13. The zero-order valence-corrected chi connectivity index (χ0v) is 13.2. The summed E-state index contributed by atoms with van der Waals surface area (Å²) in [6, 6.07) is 10.6. The second-order valence-electron chi connectivity index (χ2n) is 4.69. The average Bonchev–Trinajstić information content (AvgIpc) is 2.43. The van der Waals surface area contributed by atoms with Crippen molar-refractivity contribution in [1.29, 1.82) is 0 Å². The number of hydrogen-bond acceptors (Lipinski definition) is 2. The fraction of sp³-hybridized carbons (Fsp3) is 0.125. The van der Waals surface area contributed by atoms with Crippen LogP contribution in [0.15, 0.2) is 40.9 Å². The Hall–Kier alpha value is -2.14. The highest BCUT2D eigenvalue weighted by Gasteiger charge is 2.21. The van der Waals surface area contributed by atoms with Crippen molar-refractivity contribution in [2.45, 2.75) is 13.8 Å². The molecule has 0 saturated carbocycles. The zero-order chi connectivity index (χ0) is 15.6. The molecule has 0 saturated heterocycles. The van der Waals surface area contributed by atoms with Crippen LogP contribution in [0.5, 0.6) is 0 Å². The molecule has 0 unspecified atom stereocenters. The summed E-state index contributed by atoms with van der Waals surface area (Å²) in [6.07, 6.45) is 0. The SMILES string of the molecule is Cc1ccc(C)c(C(=O)Nc2ccccc2Br)c1C(=O)O. The number of amides is 1. The van der Waals surface area contributed by atoms with Crippen LogP contribution in [-0.4, -0.2) is 17.0 Å². The second kappa shape index (κ2) is 6.10. The lowest BCUT2D eigenvalue weighted by molar-refractivity contribution is 0.0691. The number of nitrogens with one attached hydrogen (secondary N) is 1. The van der Waals surface area contributed by atoms with Gasteiger partial charge in [0, 0.05) is 4.47 Å². The van der Waals surface area contributed by atoms with E-state index in [1.807, 2.05) is 6.07 Å². The number of carboxylic acids is 1. The topological polar surface area (TPSA) is 66.4 Å². The smallest absolute Gasteiger partial charge is 0.336 e. The van der Waals surface area contributed by atoms with Gasteiger partial charge in [-0.3, -0.25) is 4.79 Å². The van der Waals surface area contributed by atoms with Gasteiger partial charge in [-0.15, -0.1) is 0 Å². The number of carboxylic acid groups (broad SMARTS) is 1. The van der Waals surface area contributed by atoms with Crippen molar-refractivity contribution in [3.63, 3.8) is 0 Å². The quantitative estimate of drug-likeness (QED) is 0.881. The lowest BCUT2D eigenvalue weighted by atomic mass is 9.96. The summed E-state index contributed by atoms with van der Waals surface area (Å²) in [7, 11) is 0. The number of rotatable bonds is 3. The Morgan fingerprint density at radius 2 is 1.57 bits per heavy atom. The van der Waals surface area contributed by atoms with Gasteiger partial charge in [0.1, 0.15) is 0 Å². The Labute approximate surface area is 130 Å². The minimum absolute atomic E-state index is 0.0413. The molecule has 0 heterocycles. The van der Waals surface area contributed by atoms with Crippen molar-refractivity contribution in [2.75, 3.05) is 5.32 Å². The first-order chi connectivity index (χ1) is 9.91. The monoisotopic (exact) mass is 347 g/mol. The highest BCUT2D eigenvalue weighted by molar-refractivity contribution is 9.10. The predicted molar refractivity (Wildman–Crippen MR) is 85.0 cm³/mol. The standard InChI is InChI=1S/C16H14BrNO3/c1-9-7-8-10(2)14(16(20)21)13(9)15(19)18-12-6-4-3-5-11(12)17/h3-8H,1-2H3,(H,18,19)(H,20,21). The molecule has 0 aliphatic carbocycles. The average molecular weight is 348 g/mol. The van der Waals surface area contributed by atoms with E-state index in [9.17, 15) is 14.7 Å². The highest BCUT2D eigenvalue weighted by Crippen LogP contribution is 2.24. The molecule has 2 N–H and O–H groups in total. The maximum absolute atomic E-state index is 12.5. The van der Waals surface area contributed by atoms with Gasteiger partial charge in [0.25, 0.3) is 5.91 Å². The Kier molecular flexibility index (Phi) is 4.43. The third-order valence-electron chi connectivity index (χ3n) is 3.18. The van der Waals surface area contributed by atoms with Crippen LogP contribution in [-0.2, 0) is 0 Å².